The Morgan fingerprint density at radius 1 is 1.05 bits per heavy atom. The summed E-state index contributed by atoms with van der Waals surface area (Å²) in [6, 6.07) is 17.2. The van der Waals surface area contributed by atoms with E-state index >= 15 is 0 Å². The summed E-state index contributed by atoms with van der Waals surface area (Å²) in [5, 5.41) is 4.25. The third kappa shape index (κ3) is 3.46. The Hall–Kier alpha value is -0.670. The lowest BCUT2D eigenvalue weighted by atomic mass is 9.98. The van der Waals surface area contributed by atoms with E-state index in [1.807, 2.05) is 12.1 Å². The van der Waals surface area contributed by atoms with Crippen molar-refractivity contribution >= 4 is 35.8 Å². The van der Waals surface area contributed by atoms with Crippen molar-refractivity contribution in [3.05, 3.63) is 59.1 Å². The van der Waals surface area contributed by atoms with Crippen molar-refractivity contribution in [1.29, 1.82) is 0 Å². The lowest BCUT2D eigenvalue weighted by molar-refractivity contribution is 0.378. The minimum Gasteiger partial charge on any atom is -0.310 e. The lowest BCUT2D eigenvalue weighted by Gasteiger charge is -2.29. The Morgan fingerprint density at radius 2 is 1.74 bits per heavy atom. The van der Waals surface area contributed by atoms with Gasteiger partial charge >= 0.3 is 0 Å². The first-order valence-corrected chi connectivity index (χ1v) is 7.28. The maximum Gasteiger partial charge on any atom is 0.0406 e. The van der Waals surface area contributed by atoms with E-state index in [2.05, 4.69) is 41.7 Å². The first-order valence-electron chi connectivity index (χ1n) is 6.09. The topological polar surface area (TPSA) is 12.0 Å². The van der Waals surface area contributed by atoms with E-state index in [0.717, 1.165) is 11.6 Å². The number of rotatable bonds is 3. The van der Waals surface area contributed by atoms with Crippen molar-refractivity contribution in [2.24, 2.45) is 0 Å². The van der Waals surface area contributed by atoms with E-state index in [0.29, 0.717) is 6.04 Å². The largest absolute Gasteiger partial charge is 0.310 e. The average molecular weight is 312 g/mol. The third-order valence-electron chi connectivity index (χ3n) is 3.16. The number of hydrogen-bond acceptors (Lipinski definition) is 2. The van der Waals surface area contributed by atoms with Crippen LogP contribution in [0.4, 0.5) is 0 Å². The highest BCUT2D eigenvalue weighted by molar-refractivity contribution is 7.99. The Morgan fingerprint density at radius 3 is 2.37 bits per heavy atom. The SMILES string of the molecule is Cl.Clc1ccc(Sc2ccccc2[C@H]2CCN2)cc1. The number of benzene rings is 2. The molecule has 0 aromatic heterocycles. The van der Waals surface area contributed by atoms with Crippen molar-refractivity contribution in [2.75, 3.05) is 6.54 Å². The van der Waals surface area contributed by atoms with Crippen LogP contribution in [0.3, 0.4) is 0 Å². The molecule has 0 amide bonds. The Bertz CT molecular complexity index is 538. The van der Waals surface area contributed by atoms with Crippen LogP contribution in [-0.4, -0.2) is 6.54 Å². The molecule has 3 rings (SSSR count). The van der Waals surface area contributed by atoms with Crippen LogP contribution in [0.5, 0.6) is 0 Å². The van der Waals surface area contributed by atoms with E-state index in [4.69, 9.17) is 11.6 Å². The van der Waals surface area contributed by atoms with Gasteiger partial charge in [-0.2, -0.15) is 0 Å². The van der Waals surface area contributed by atoms with Crippen molar-refractivity contribution in [1.82, 2.24) is 5.32 Å². The molecule has 0 spiro atoms. The molecule has 1 heterocycles. The molecule has 2 aromatic rings. The van der Waals surface area contributed by atoms with Crippen LogP contribution in [0.1, 0.15) is 18.0 Å². The molecule has 0 saturated carbocycles. The summed E-state index contributed by atoms with van der Waals surface area (Å²) in [4.78, 5) is 2.56. The van der Waals surface area contributed by atoms with E-state index < -0.39 is 0 Å². The van der Waals surface area contributed by atoms with E-state index in [1.165, 1.54) is 21.8 Å². The molecule has 1 saturated heterocycles. The molecular formula is C15H15Cl2NS. The van der Waals surface area contributed by atoms with E-state index in [9.17, 15) is 0 Å². The minimum atomic E-state index is 0. The van der Waals surface area contributed by atoms with Crippen LogP contribution in [0.2, 0.25) is 5.02 Å². The van der Waals surface area contributed by atoms with Crippen LogP contribution in [0.25, 0.3) is 0 Å². The molecule has 0 aliphatic carbocycles. The predicted octanol–water partition coefficient (Wildman–Crippen LogP) is 4.95. The Balaban J connectivity index is 0.00000133. The number of halogens is 2. The third-order valence-corrected chi connectivity index (χ3v) is 4.51. The van der Waals surface area contributed by atoms with Crippen molar-refractivity contribution in [3.63, 3.8) is 0 Å². The highest BCUT2D eigenvalue weighted by Gasteiger charge is 2.21. The standard InChI is InChI=1S/C15H14ClNS.ClH/c16-11-5-7-12(8-6-11)18-15-4-2-1-3-13(15)14-9-10-17-14;/h1-8,14,17H,9-10H2;1H/t14-;/m1./s1. The van der Waals surface area contributed by atoms with Gasteiger partial charge in [-0.3, -0.25) is 0 Å². The quantitative estimate of drug-likeness (QED) is 0.861. The van der Waals surface area contributed by atoms with Gasteiger partial charge in [0.15, 0.2) is 0 Å². The molecule has 1 N–H and O–H groups in total. The highest BCUT2D eigenvalue weighted by atomic mass is 35.5. The second-order valence-electron chi connectivity index (χ2n) is 4.39. The normalized spacial score (nSPS) is 17.4. The highest BCUT2D eigenvalue weighted by Crippen LogP contribution is 2.36. The maximum atomic E-state index is 5.91. The Labute approximate surface area is 129 Å². The summed E-state index contributed by atoms with van der Waals surface area (Å²) in [6.07, 6.45) is 1.23. The van der Waals surface area contributed by atoms with E-state index in [1.54, 1.807) is 11.8 Å². The average Bonchev–Trinajstić information content (AvgIpc) is 2.32. The zero-order chi connectivity index (χ0) is 12.4. The van der Waals surface area contributed by atoms with Crippen molar-refractivity contribution in [2.45, 2.75) is 22.3 Å². The summed E-state index contributed by atoms with van der Waals surface area (Å²) >= 11 is 7.71. The van der Waals surface area contributed by atoms with Gasteiger partial charge in [0, 0.05) is 20.9 Å². The van der Waals surface area contributed by atoms with Gasteiger partial charge in [-0.15, -0.1) is 12.4 Å². The summed E-state index contributed by atoms with van der Waals surface area (Å²) in [7, 11) is 0. The van der Waals surface area contributed by atoms with Gasteiger partial charge in [0.2, 0.25) is 0 Å². The molecule has 1 nitrogen and oxygen atoms in total. The van der Waals surface area contributed by atoms with Gasteiger partial charge in [0.1, 0.15) is 0 Å². The van der Waals surface area contributed by atoms with Crippen molar-refractivity contribution in [3.8, 4) is 0 Å². The molecule has 1 aliphatic rings. The minimum absolute atomic E-state index is 0. The molecule has 0 bridgehead atoms. The summed E-state index contributed by atoms with van der Waals surface area (Å²) in [5.41, 5.74) is 1.41. The first kappa shape index (κ1) is 14.7. The molecule has 1 atom stereocenters. The molecule has 0 unspecified atom stereocenters. The summed E-state index contributed by atoms with van der Waals surface area (Å²) < 4.78 is 0. The summed E-state index contributed by atoms with van der Waals surface area (Å²) in [5.74, 6) is 0. The molecule has 19 heavy (non-hydrogen) atoms. The predicted molar refractivity (Wildman–Crippen MR) is 84.6 cm³/mol. The number of hydrogen-bond donors (Lipinski definition) is 1. The van der Waals surface area contributed by atoms with Crippen LogP contribution in [0.15, 0.2) is 58.3 Å². The van der Waals surface area contributed by atoms with Gasteiger partial charge < -0.3 is 5.32 Å². The fraction of sp³-hybridized carbons (Fsp3) is 0.200. The molecule has 2 aromatic carbocycles. The van der Waals surface area contributed by atoms with Gasteiger partial charge in [0.05, 0.1) is 0 Å². The fourth-order valence-electron chi connectivity index (χ4n) is 2.05. The second-order valence-corrected chi connectivity index (χ2v) is 5.94. The maximum absolute atomic E-state index is 5.91. The van der Waals surface area contributed by atoms with Gasteiger partial charge in [-0.1, -0.05) is 41.6 Å². The van der Waals surface area contributed by atoms with Gasteiger partial charge in [-0.25, -0.2) is 0 Å². The molecule has 100 valence electrons. The smallest absolute Gasteiger partial charge is 0.0406 e. The van der Waals surface area contributed by atoms with Gasteiger partial charge in [-0.05, 0) is 48.9 Å². The Kier molecular flexibility index (Phi) is 5.17. The first-order chi connectivity index (χ1) is 8.83. The monoisotopic (exact) mass is 311 g/mol. The molecule has 4 heteroatoms. The second kappa shape index (κ2) is 6.67. The van der Waals surface area contributed by atoms with E-state index in [-0.39, 0.29) is 12.4 Å². The van der Waals surface area contributed by atoms with Crippen LogP contribution in [0, 0.1) is 0 Å². The van der Waals surface area contributed by atoms with Crippen LogP contribution < -0.4 is 5.32 Å². The molecule has 1 fully saturated rings. The lowest BCUT2D eigenvalue weighted by Crippen LogP contribution is -2.35. The zero-order valence-corrected chi connectivity index (χ0v) is 12.7. The van der Waals surface area contributed by atoms with Crippen LogP contribution in [-0.2, 0) is 0 Å². The zero-order valence-electron chi connectivity index (χ0n) is 10.3. The van der Waals surface area contributed by atoms with Crippen LogP contribution >= 0.6 is 35.8 Å². The molecule has 0 radical (unpaired) electrons. The summed E-state index contributed by atoms with van der Waals surface area (Å²) in [6.45, 7) is 1.13. The van der Waals surface area contributed by atoms with Gasteiger partial charge in [0.25, 0.3) is 0 Å². The molecule has 1 aliphatic heterocycles. The fourth-order valence-corrected chi connectivity index (χ4v) is 3.17. The number of nitrogens with one attached hydrogen (secondary N) is 1. The van der Waals surface area contributed by atoms with Crippen molar-refractivity contribution < 1.29 is 0 Å². The molecular weight excluding hydrogens is 297 g/mol.